The van der Waals surface area contributed by atoms with E-state index >= 15 is 0 Å². The fraction of sp³-hybridized carbons (Fsp3) is 0.250. The number of nitrogens with one attached hydrogen (secondary N) is 3. The van der Waals surface area contributed by atoms with Gasteiger partial charge in [0.15, 0.2) is 10.9 Å². The van der Waals surface area contributed by atoms with Gasteiger partial charge in [0.05, 0.1) is 0 Å². The van der Waals surface area contributed by atoms with Crippen LogP contribution in [-0.2, 0) is 20.0 Å². The molecule has 1 aliphatic heterocycles. The standard InChI is InChI=1S/C16H17N7OS.ClH/c1-23-9-18-22-16(23)25-11-4-2-10(3-5-11)19-15(24)14-12-8-17-7-6-13(12)20-21-14;/h2-5,9,17H,6-8H2,1H3,(H,19,24)(H,20,21);1H. The van der Waals surface area contributed by atoms with E-state index in [1.807, 2.05) is 35.9 Å². The lowest BCUT2D eigenvalue weighted by Crippen LogP contribution is -2.25. The van der Waals surface area contributed by atoms with Crippen molar-refractivity contribution >= 4 is 35.8 Å². The summed E-state index contributed by atoms with van der Waals surface area (Å²) in [5, 5.41) is 22.0. The largest absolute Gasteiger partial charge is 0.321 e. The second-order valence-electron chi connectivity index (χ2n) is 5.76. The van der Waals surface area contributed by atoms with E-state index in [0.717, 1.165) is 40.0 Å². The lowest BCUT2D eigenvalue weighted by atomic mass is 10.1. The molecule has 4 rings (SSSR count). The molecule has 3 aromatic rings. The second-order valence-corrected chi connectivity index (χ2v) is 6.80. The van der Waals surface area contributed by atoms with Gasteiger partial charge in [0.1, 0.15) is 6.33 Å². The molecule has 3 heterocycles. The highest BCUT2D eigenvalue weighted by Crippen LogP contribution is 2.26. The number of H-pyrrole nitrogens is 1. The lowest BCUT2D eigenvalue weighted by Gasteiger charge is -2.13. The molecule has 0 aliphatic carbocycles. The van der Waals surface area contributed by atoms with Gasteiger partial charge in [-0.1, -0.05) is 0 Å². The predicted octanol–water partition coefficient (Wildman–Crippen LogP) is 2.01. The summed E-state index contributed by atoms with van der Waals surface area (Å²) in [6.07, 6.45) is 2.53. The zero-order chi connectivity index (χ0) is 17.2. The van der Waals surface area contributed by atoms with Crippen LogP contribution in [0, 0.1) is 0 Å². The van der Waals surface area contributed by atoms with Crippen LogP contribution in [0.3, 0.4) is 0 Å². The predicted molar refractivity (Wildman–Crippen MR) is 101 cm³/mol. The minimum atomic E-state index is -0.199. The Morgan fingerprint density at radius 1 is 1.31 bits per heavy atom. The topological polar surface area (TPSA) is 101 Å². The van der Waals surface area contributed by atoms with Crippen LogP contribution in [-0.4, -0.2) is 37.4 Å². The number of halogens is 1. The van der Waals surface area contributed by atoms with Crippen LogP contribution in [0.2, 0.25) is 0 Å². The van der Waals surface area contributed by atoms with Crippen molar-refractivity contribution in [3.05, 3.63) is 47.5 Å². The maximum atomic E-state index is 12.5. The Hall–Kier alpha value is -2.36. The lowest BCUT2D eigenvalue weighted by molar-refractivity contribution is 0.102. The van der Waals surface area contributed by atoms with Gasteiger partial charge in [-0.3, -0.25) is 9.89 Å². The second kappa shape index (κ2) is 7.90. The van der Waals surface area contributed by atoms with E-state index in [2.05, 4.69) is 31.0 Å². The van der Waals surface area contributed by atoms with Crippen LogP contribution in [0.15, 0.2) is 40.6 Å². The number of carbonyl (C=O) groups is 1. The summed E-state index contributed by atoms with van der Waals surface area (Å²) in [4.78, 5) is 13.5. The van der Waals surface area contributed by atoms with Gasteiger partial charge in [-0.25, -0.2) is 0 Å². The smallest absolute Gasteiger partial charge is 0.276 e. The molecule has 0 bridgehead atoms. The number of benzene rings is 1. The number of nitrogens with zero attached hydrogens (tertiary/aromatic N) is 4. The first-order valence-electron chi connectivity index (χ1n) is 7.91. The molecule has 0 atom stereocenters. The van der Waals surface area contributed by atoms with E-state index in [-0.39, 0.29) is 18.3 Å². The molecule has 10 heteroatoms. The molecule has 1 amide bonds. The van der Waals surface area contributed by atoms with Crippen molar-refractivity contribution in [1.29, 1.82) is 0 Å². The Balaban J connectivity index is 0.00000196. The summed E-state index contributed by atoms with van der Waals surface area (Å²) in [6.45, 7) is 1.57. The highest BCUT2D eigenvalue weighted by Gasteiger charge is 2.21. The van der Waals surface area contributed by atoms with Crippen LogP contribution >= 0.6 is 24.2 Å². The van der Waals surface area contributed by atoms with Gasteiger partial charge >= 0.3 is 0 Å². The molecule has 26 heavy (non-hydrogen) atoms. The van der Waals surface area contributed by atoms with Gasteiger partial charge in [-0.15, -0.1) is 22.6 Å². The fourth-order valence-electron chi connectivity index (χ4n) is 2.68. The summed E-state index contributed by atoms with van der Waals surface area (Å²) in [5.41, 5.74) is 3.19. The number of carbonyl (C=O) groups excluding carboxylic acids is 1. The third-order valence-electron chi connectivity index (χ3n) is 4.01. The number of amides is 1. The van der Waals surface area contributed by atoms with Gasteiger partial charge in [-0.05, 0) is 36.0 Å². The summed E-state index contributed by atoms with van der Waals surface area (Å²) < 4.78 is 1.86. The van der Waals surface area contributed by atoms with Crippen molar-refractivity contribution in [2.45, 2.75) is 23.0 Å². The zero-order valence-electron chi connectivity index (χ0n) is 14.0. The quantitative estimate of drug-likeness (QED) is 0.629. The molecular weight excluding hydrogens is 374 g/mol. The normalized spacial score (nSPS) is 13.0. The van der Waals surface area contributed by atoms with Gasteiger partial charge in [0, 0.05) is 48.4 Å². The molecule has 0 unspecified atom stereocenters. The number of aryl methyl sites for hydroxylation is 1. The minimum Gasteiger partial charge on any atom is -0.321 e. The van der Waals surface area contributed by atoms with E-state index in [4.69, 9.17) is 0 Å². The van der Waals surface area contributed by atoms with E-state index in [1.165, 1.54) is 11.8 Å². The average molecular weight is 392 g/mol. The molecule has 0 fully saturated rings. The van der Waals surface area contributed by atoms with Crippen molar-refractivity contribution in [2.24, 2.45) is 7.05 Å². The molecule has 2 aromatic heterocycles. The first kappa shape index (κ1) is 18.4. The average Bonchev–Trinajstić information content (AvgIpc) is 3.23. The van der Waals surface area contributed by atoms with Gasteiger partial charge in [0.2, 0.25) is 0 Å². The summed E-state index contributed by atoms with van der Waals surface area (Å²) >= 11 is 1.52. The van der Waals surface area contributed by atoms with Crippen LogP contribution < -0.4 is 10.6 Å². The van der Waals surface area contributed by atoms with Gasteiger partial charge < -0.3 is 15.2 Å². The number of aromatic nitrogens is 5. The molecule has 136 valence electrons. The highest BCUT2D eigenvalue weighted by atomic mass is 35.5. The molecule has 1 aromatic carbocycles. The molecule has 0 saturated carbocycles. The van der Waals surface area contributed by atoms with Crippen molar-refractivity contribution in [2.75, 3.05) is 11.9 Å². The molecule has 8 nitrogen and oxygen atoms in total. The van der Waals surface area contributed by atoms with Crippen LogP contribution in [0.5, 0.6) is 0 Å². The Morgan fingerprint density at radius 3 is 2.85 bits per heavy atom. The van der Waals surface area contributed by atoms with Crippen molar-refractivity contribution < 1.29 is 4.79 Å². The summed E-state index contributed by atoms with van der Waals surface area (Å²) in [6, 6.07) is 7.62. The molecule has 1 aliphatic rings. The van der Waals surface area contributed by atoms with Crippen LogP contribution in [0.25, 0.3) is 0 Å². The van der Waals surface area contributed by atoms with E-state index in [0.29, 0.717) is 12.2 Å². The van der Waals surface area contributed by atoms with E-state index in [1.54, 1.807) is 6.33 Å². The number of hydrogen-bond donors (Lipinski definition) is 3. The molecule has 0 spiro atoms. The monoisotopic (exact) mass is 391 g/mol. The Bertz CT molecular complexity index is 906. The van der Waals surface area contributed by atoms with Gasteiger partial charge in [0.25, 0.3) is 5.91 Å². The first-order chi connectivity index (χ1) is 12.2. The number of fused-ring (bicyclic) bond motifs is 1. The van der Waals surface area contributed by atoms with E-state index < -0.39 is 0 Å². The molecule has 0 saturated heterocycles. The molecular formula is C16H18ClN7OS. The Labute approximate surface area is 160 Å². The summed E-state index contributed by atoms with van der Waals surface area (Å²) in [5.74, 6) is -0.199. The van der Waals surface area contributed by atoms with Gasteiger partial charge in [-0.2, -0.15) is 5.10 Å². The maximum absolute atomic E-state index is 12.5. The first-order valence-corrected chi connectivity index (χ1v) is 8.72. The van der Waals surface area contributed by atoms with Crippen LogP contribution in [0.4, 0.5) is 5.69 Å². The Kier molecular flexibility index (Phi) is 5.60. The fourth-order valence-corrected chi connectivity index (χ4v) is 3.44. The molecule has 0 radical (unpaired) electrons. The Morgan fingerprint density at radius 2 is 2.12 bits per heavy atom. The van der Waals surface area contributed by atoms with Crippen molar-refractivity contribution in [3.63, 3.8) is 0 Å². The molecule has 3 N–H and O–H groups in total. The number of anilines is 1. The third kappa shape index (κ3) is 3.74. The third-order valence-corrected chi connectivity index (χ3v) is 5.07. The minimum absolute atomic E-state index is 0. The van der Waals surface area contributed by atoms with Crippen molar-refractivity contribution in [3.8, 4) is 0 Å². The maximum Gasteiger partial charge on any atom is 0.276 e. The zero-order valence-corrected chi connectivity index (χ0v) is 15.7. The SMILES string of the molecule is Cl.Cn1cnnc1Sc1ccc(NC(=O)c2n[nH]c3c2CNCC3)cc1. The highest BCUT2D eigenvalue weighted by molar-refractivity contribution is 7.99. The summed E-state index contributed by atoms with van der Waals surface area (Å²) in [7, 11) is 1.90. The van der Waals surface area contributed by atoms with E-state index in [9.17, 15) is 4.79 Å². The number of hydrogen-bond acceptors (Lipinski definition) is 6. The number of aromatic amines is 1. The van der Waals surface area contributed by atoms with Crippen LogP contribution in [0.1, 0.15) is 21.7 Å². The van der Waals surface area contributed by atoms with Crippen molar-refractivity contribution in [1.82, 2.24) is 30.3 Å². The number of rotatable bonds is 4.